The van der Waals surface area contributed by atoms with E-state index in [9.17, 15) is 4.79 Å². The summed E-state index contributed by atoms with van der Waals surface area (Å²) in [6.45, 7) is 1.78. The van der Waals surface area contributed by atoms with Crippen molar-refractivity contribution in [3.8, 4) is 0 Å². The lowest BCUT2D eigenvalue weighted by molar-refractivity contribution is -0.125. The number of amides is 1. The van der Waals surface area contributed by atoms with E-state index in [0.717, 1.165) is 6.42 Å². The summed E-state index contributed by atoms with van der Waals surface area (Å²) in [5.74, 6) is 0.0767. The lowest BCUT2D eigenvalue weighted by Crippen LogP contribution is -2.35. The smallest absolute Gasteiger partial charge is 0.225 e. The first-order valence-corrected chi connectivity index (χ1v) is 7.60. The molecule has 5 nitrogen and oxygen atoms in total. The van der Waals surface area contributed by atoms with Gasteiger partial charge in [0.2, 0.25) is 5.91 Å². The highest BCUT2D eigenvalue weighted by Gasteiger charge is 2.24. The van der Waals surface area contributed by atoms with Crippen LogP contribution in [0.1, 0.15) is 17.3 Å². The Morgan fingerprint density at radius 2 is 2.55 bits per heavy atom. The summed E-state index contributed by atoms with van der Waals surface area (Å²) in [7, 11) is 0. The molecule has 106 valence electrons. The molecule has 3 rings (SSSR count). The molecule has 1 N–H and O–H groups in total. The zero-order chi connectivity index (χ0) is 13.8. The molecule has 0 bridgehead atoms. The number of hydrogen-bond donors (Lipinski definition) is 1. The van der Waals surface area contributed by atoms with Crippen LogP contribution in [0.4, 0.5) is 0 Å². The maximum atomic E-state index is 12.1. The van der Waals surface area contributed by atoms with Crippen LogP contribution in [0.2, 0.25) is 0 Å². The quantitative estimate of drug-likeness (QED) is 0.912. The van der Waals surface area contributed by atoms with Gasteiger partial charge in [-0.3, -0.25) is 9.48 Å². The maximum absolute atomic E-state index is 12.1. The van der Waals surface area contributed by atoms with Gasteiger partial charge in [0, 0.05) is 30.4 Å². The number of nitrogens with zero attached hydrogens (tertiary/aromatic N) is 2. The molecule has 1 amide bonds. The number of rotatable bonds is 5. The van der Waals surface area contributed by atoms with Gasteiger partial charge >= 0.3 is 0 Å². The molecule has 0 spiro atoms. The minimum atomic E-state index is -0.00314. The number of nitrogens with one attached hydrogen (secondary N) is 1. The van der Waals surface area contributed by atoms with E-state index in [2.05, 4.69) is 16.5 Å². The van der Waals surface area contributed by atoms with Crippen molar-refractivity contribution < 1.29 is 9.53 Å². The Labute approximate surface area is 121 Å². The highest BCUT2D eigenvalue weighted by atomic mass is 32.1. The van der Waals surface area contributed by atoms with Crippen LogP contribution in [0.3, 0.4) is 0 Å². The van der Waals surface area contributed by atoms with E-state index in [1.165, 1.54) is 4.88 Å². The molecule has 0 unspecified atom stereocenters. The molecule has 2 aromatic heterocycles. The molecular formula is C14H17N3O2S. The van der Waals surface area contributed by atoms with Gasteiger partial charge in [-0.15, -0.1) is 11.3 Å². The van der Waals surface area contributed by atoms with E-state index in [-0.39, 0.29) is 17.9 Å². The van der Waals surface area contributed by atoms with Crippen LogP contribution in [0.15, 0.2) is 36.0 Å². The highest BCUT2D eigenvalue weighted by molar-refractivity contribution is 7.10. The van der Waals surface area contributed by atoms with Gasteiger partial charge in [0.05, 0.1) is 12.5 Å². The lowest BCUT2D eigenvalue weighted by atomic mass is 10.1. The number of hydrogen-bond acceptors (Lipinski definition) is 4. The second-order valence-electron chi connectivity index (χ2n) is 4.82. The monoisotopic (exact) mass is 291 g/mol. The van der Waals surface area contributed by atoms with Crippen molar-refractivity contribution in [2.24, 2.45) is 5.92 Å². The first-order chi connectivity index (χ1) is 9.84. The van der Waals surface area contributed by atoms with Gasteiger partial charge in [0.25, 0.3) is 0 Å². The van der Waals surface area contributed by atoms with Crippen molar-refractivity contribution in [3.63, 3.8) is 0 Å². The minimum absolute atomic E-state index is 0.00314. The molecule has 2 atom stereocenters. The molecule has 0 aliphatic carbocycles. The normalized spacial score (nSPS) is 19.9. The summed E-state index contributed by atoms with van der Waals surface area (Å²) in [4.78, 5) is 13.3. The number of carbonyl (C=O) groups excluding carboxylic acids is 1. The highest BCUT2D eigenvalue weighted by Crippen LogP contribution is 2.22. The zero-order valence-electron chi connectivity index (χ0n) is 11.1. The molecule has 3 heterocycles. The average Bonchev–Trinajstić information content (AvgIpc) is 3.22. The molecule has 1 aliphatic heterocycles. The van der Waals surface area contributed by atoms with E-state index in [4.69, 9.17) is 4.74 Å². The summed E-state index contributed by atoms with van der Waals surface area (Å²) in [5, 5.41) is 9.36. The topological polar surface area (TPSA) is 56.2 Å². The summed E-state index contributed by atoms with van der Waals surface area (Å²) >= 11 is 1.68. The second kappa shape index (κ2) is 6.19. The van der Waals surface area contributed by atoms with Crippen molar-refractivity contribution in [2.45, 2.75) is 12.5 Å². The van der Waals surface area contributed by atoms with Crippen LogP contribution in [0.5, 0.6) is 0 Å². The Balaban J connectivity index is 1.66. The van der Waals surface area contributed by atoms with Gasteiger partial charge in [0.1, 0.15) is 6.04 Å². The Morgan fingerprint density at radius 3 is 3.20 bits per heavy atom. The van der Waals surface area contributed by atoms with Crippen LogP contribution in [-0.2, 0) is 9.53 Å². The minimum Gasteiger partial charge on any atom is -0.381 e. The van der Waals surface area contributed by atoms with E-state index in [1.54, 1.807) is 17.5 Å². The Morgan fingerprint density at radius 1 is 1.60 bits per heavy atom. The van der Waals surface area contributed by atoms with Crippen LogP contribution in [0, 0.1) is 5.92 Å². The zero-order valence-corrected chi connectivity index (χ0v) is 11.9. The van der Waals surface area contributed by atoms with Gasteiger partial charge in [-0.05, 0) is 23.9 Å². The molecular weight excluding hydrogens is 274 g/mol. The molecule has 1 fully saturated rings. The molecule has 1 aliphatic rings. The number of ether oxygens (including phenoxy) is 1. The number of thiophene rings is 1. The average molecular weight is 291 g/mol. The first-order valence-electron chi connectivity index (χ1n) is 6.72. The third-order valence-corrected chi connectivity index (χ3v) is 4.46. The fourth-order valence-electron chi connectivity index (χ4n) is 2.35. The van der Waals surface area contributed by atoms with E-state index in [0.29, 0.717) is 19.8 Å². The van der Waals surface area contributed by atoms with Gasteiger partial charge < -0.3 is 10.1 Å². The van der Waals surface area contributed by atoms with Crippen molar-refractivity contribution in [3.05, 3.63) is 40.8 Å². The standard InChI is InChI=1S/C14H17N3O2S/c18-14(11-4-7-19-10-11)15-9-12(13-3-1-8-20-13)17-6-2-5-16-17/h1-3,5-6,8,11-12H,4,7,9-10H2,(H,15,18)/t11-,12+/m1/s1. The summed E-state index contributed by atoms with van der Waals surface area (Å²) < 4.78 is 7.14. The molecule has 2 aromatic rings. The van der Waals surface area contributed by atoms with E-state index >= 15 is 0 Å². The Bertz CT molecular complexity index is 499. The predicted octanol–water partition coefficient (Wildman–Crippen LogP) is 1.69. The molecule has 0 saturated carbocycles. The summed E-state index contributed by atoms with van der Waals surface area (Å²) in [6.07, 6.45) is 4.50. The molecule has 0 radical (unpaired) electrons. The maximum Gasteiger partial charge on any atom is 0.225 e. The van der Waals surface area contributed by atoms with E-state index < -0.39 is 0 Å². The summed E-state index contributed by atoms with van der Waals surface area (Å²) in [5.41, 5.74) is 0. The van der Waals surface area contributed by atoms with Crippen LogP contribution < -0.4 is 5.32 Å². The third-order valence-electron chi connectivity index (χ3n) is 3.49. The van der Waals surface area contributed by atoms with Crippen molar-refractivity contribution in [1.29, 1.82) is 0 Å². The fraction of sp³-hybridized carbons (Fsp3) is 0.429. The van der Waals surface area contributed by atoms with Crippen molar-refractivity contribution in [2.75, 3.05) is 19.8 Å². The Kier molecular flexibility index (Phi) is 4.13. The number of carbonyl (C=O) groups is 1. The SMILES string of the molecule is O=C(NC[C@@H](c1cccs1)n1cccn1)[C@@H]1CCOC1. The van der Waals surface area contributed by atoms with E-state index in [1.807, 2.05) is 28.4 Å². The van der Waals surface area contributed by atoms with Gasteiger partial charge in [-0.1, -0.05) is 6.07 Å². The van der Waals surface area contributed by atoms with Gasteiger partial charge in [-0.2, -0.15) is 5.10 Å². The summed E-state index contributed by atoms with van der Waals surface area (Å²) in [6, 6.07) is 6.04. The molecule has 1 saturated heterocycles. The van der Waals surface area contributed by atoms with Gasteiger partial charge in [-0.25, -0.2) is 0 Å². The molecule has 20 heavy (non-hydrogen) atoms. The van der Waals surface area contributed by atoms with Crippen LogP contribution in [0.25, 0.3) is 0 Å². The molecule has 0 aromatic carbocycles. The Hall–Kier alpha value is -1.66. The van der Waals surface area contributed by atoms with Gasteiger partial charge in [0.15, 0.2) is 0 Å². The molecule has 6 heteroatoms. The fourth-order valence-corrected chi connectivity index (χ4v) is 3.17. The lowest BCUT2D eigenvalue weighted by Gasteiger charge is -2.18. The van der Waals surface area contributed by atoms with Crippen molar-refractivity contribution in [1.82, 2.24) is 15.1 Å². The second-order valence-corrected chi connectivity index (χ2v) is 5.80. The number of aromatic nitrogens is 2. The van der Waals surface area contributed by atoms with Crippen LogP contribution in [-0.4, -0.2) is 35.4 Å². The largest absolute Gasteiger partial charge is 0.381 e. The van der Waals surface area contributed by atoms with Crippen molar-refractivity contribution >= 4 is 17.2 Å². The predicted molar refractivity (Wildman–Crippen MR) is 76.6 cm³/mol. The third kappa shape index (κ3) is 2.91. The van der Waals surface area contributed by atoms with Crippen LogP contribution >= 0.6 is 11.3 Å². The first kappa shape index (κ1) is 13.3.